The van der Waals surface area contributed by atoms with E-state index < -0.39 is 17.6 Å². The Labute approximate surface area is 162 Å². The summed E-state index contributed by atoms with van der Waals surface area (Å²) in [5, 5.41) is 6.30. The van der Waals surface area contributed by atoms with Gasteiger partial charge in [-0.25, -0.2) is 9.82 Å². The number of benzene rings is 2. The van der Waals surface area contributed by atoms with Gasteiger partial charge in [0.1, 0.15) is 5.82 Å². The Kier molecular flexibility index (Phi) is 7.95. The smallest absolute Gasteiger partial charge is 0.240 e. The van der Waals surface area contributed by atoms with Gasteiger partial charge in [-0.2, -0.15) is 5.10 Å². The second kappa shape index (κ2) is 10.7. The molecule has 28 heavy (non-hydrogen) atoms. The minimum absolute atomic E-state index is 0.0763. The molecule has 0 saturated heterocycles. The maximum absolute atomic E-state index is 13.5. The topological polar surface area (TPSA) is 89.0 Å². The monoisotopic (exact) mass is 387 g/mol. The van der Waals surface area contributed by atoms with E-state index in [1.54, 1.807) is 24.3 Å². The molecule has 0 atom stereocenters. The maximum atomic E-state index is 13.5. The third kappa shape index (κ3) is 6.08. The molecule has 2 aromatic rings. The fourth-order valence-corrected chi connectivity index (χ4v) is 2.33. The van der Waals surface area contributed by atoms with E-state index in [1.165, 1.54) is 31.5 Å². The van der Waals surface area contributed by atoms with Crippen LogP contribution in [0.4, 0.5) is 10.1 Å². The van der Waals surface area contributed by atoms with Crippen molar-refractivity contribution in [1.82, 2.24) is 5.43 Å². The molecule has 0 heterocycles. The van der Waals surface area contributed by atoms with E-state index in [9.17, 15) is 14.0 Å². The number of nitrogens with zero attached hydrogens (tertiary/aromatic N) is 1. The van der Waals surface area contributed by atoms with Gasteiger partial charge in [-0.1, -0.05) is 18.2 Å². The SMILES string of the molecule is CCOc1c(C=NNC(=O)CCC(=O)Nc2ccccc2F)cccc1OC. The van der Waals surface area contributed by atoms with Gasteiger partial charge in [0.05, 0.1) is 25.6 Å². The zero-order valence-corrected chi connectivity index (χ0v) is 15.7. The van der Waals surface area contributed by atoms with Crippen molar-refractivity contribution in [2.45, 2.75) is 19.8 Å². The summed E-state index contributed by atoms with van der Waals surface area (Å²) in [5.74, 6) is -0.360. The van der Waals surface area contributed by atoms with Gasteiger partial charge in [-0.3, -0.25) is 9.59 Å². The molecule has 0 bridgehead atoms. The number of amides is 2. The molecule has 0 unspecified atom stereocenters. The predicted molar refractivity (Wildman–Crippen MR) is 104 cm³/mol. The minimum Gasteiger partial charge on any atom is -0.493 e. The third-order valence-electron chi connectivity index (χ3n) is 3.64. The van der Waals surface area contributed by atoms with Crippen molar-refractivity contribution in [3.05, 3.63) is 53.8 Å². The normalized spacial score (nSPS) is 10.5. The lowest BCUT2D eigenvalue weighted by Crippen LogP contribution is -2.21. The minimum atomic E-state index is -0.534. The van der Waals surface area contributed by atoms with Gasteiger partial charge in [0, 0.05) is 18.4 Å². The van der Waals surface area contributed by atoms with Crippen LogP contribution in [0.1, 0.15) is 25.3 Å². The Hall–Kier alpha value is -3.42. The Morgan fingerprint density at radius 3 is 2.57 bits per heavy atom. The van der Waals surface area contributed by atoms with Crippen LogP contribution in [0, 0.1) is 5.82 Å². The van der Waals surface area contributed by atoms with Crippen LogP contribution in [0.15, 0.2) is 47.6 Å². The second-order valence-corrected chi connectivity index (χ2v) is 5.63. The number of carbonyl (C=O) groups excluding carboxylic acids is 2. The standard InChI is InChI=1S/C20H22FN3O4/c1-3-28-20-14(7-6-10-17(20)27-2)13-22-24-19(26)12-11-18(25)23-16-9-5-4-8-15(16)21/h4-10,13H,3,11-12H2,1-2H3,(H,23,25)(H,24,26). The van der Waals surface area contributed by atoms with Crippen molar-refractivity contribution in [3.8, 4) is 11.5 Å². The first-order valence-corrected chi connectivity index (χ1v) is 8.71. The molecule has 0 aliphatic carbocycles. The summed E-state index contributed by atoms with van der Waals surface area (Å²) < 4.78 is 24.3. The van der Waals surface area contributed by atoms with Crippen LogP contribution < -0.4 is 20.2 Å². The molecule has 2 aromatic carbocycles. The highest BCUT2D eigenvalue weighted by atomic mass is 19.1. The largest absolute Gasteiger partial charge is 0.493 e. The lowest BCUT2D eigenvalue weighted by Gasteiger charge is -2.11. The molecule has 7 nitrogen and oxygen atoms in total. The van der Waals surface area contributed by atoms with Gasteiger partial charge < -0.3 is 14.8 Å². The first-order valence-electron chi connectivity index (χ1n) is 8.71. The highest BCUT2D eigenvalue weighted by Crippen LogP contribution is 2.29. The van der Waals surface area contributed by atoms with Crippen LogP contribution >= 0.6 is 0 Å². The highest BCUT2D eigenvalue weighted by molar-refractivity contribution is 5.93. The zero-order valence-electron chi connectivity index (χ0n) is 15.7. The number of halogens is 1. The summed E-state index contributed by atoms with van der Waals surface area (Å²) in [6.07, 6.45) is 1.25. The average Bonchev–Trinajstić information content (AvgIpc) is 2.69. The van der Waals surface area contributed by atoms with Gasteiger partial charge in [0.25, 0.3) is 0 Å². The van der Waals surface area contributed by atoms with E-state index in [4.69, 9.17) is 9.47 Å². The van der Waals surface area contributed by atoms with E-state index in [0.29, 0.717) is 23.7 Å². The van der Waals surface area contributed by atoms with Crippen molar-refractivity contribution < 1.29 is 23.5 Å². The summed E-state index contributed by atoms with van der Waals surface area (Å²) in [7, 11) is 1.53. The summed E-state index contributed by atoms with van der Waals surface area (Å²) >= 11 is 0. The summed E-state index contributed by atoms with van der Waals surface area (Å²) in [6.45, 7) is 2.30. The van der Waals surface area contributed by atoms with Gasteiger partial charge in [-0.05, 0) is 31.2 Å². The molecule has 0 aliphatic heterocycles. The number of ether oxygens (including phenoxy) is 2. The molecule has 2 amide bonds. The summed E-state index contributed by atoms with van der Waals surface area (Å²) in [6, 6.07) is 11.1. The van der Waals surface area contributed by atoms with E-state index in [2.05, 4.69) is 15.8 Å². The van der Waals surface area contributed by atoms with Crippen LogP contribution in [0.25, 0.3) is 0 Å². The molecule has 148 valence electrons. The number of hydrogen-bond acceptors (Lipinski definition) is 5. The molecule has 0 aromatic heterocycles. The van der Waals surface area contributed by atoms with Crippen LogP contribution in [-0.4, -0.2) is 31.7 Å². The van der Waals surface area contributed by atoms with Crippen molar-refractivity contribution in [2.75, 3.05) is 19.0 Å². The van der Waals surface area contributed by atoms with Crippen LogP contribution in [0.3, 0.4) is 0 Å². The van der Waals surface area contributed by atoms with E-state index in [-0.39, 0.29) is 18.5 Å². The Morgan fingerprint density at radius 2 is 1.86 bits per heavy atom. The predicted octanol–water partition coefficient (Wildman–Crippen LogP) is 3.10. The molecule has 0 aliphatic rings. The molecule has 0 spiro atoms. The Balaban J connectivity index is 1.85. The third-order valence-corrected chi connectivity index (χ3v) is 3.64. The van der Waals surface area contributed by atoms with Crippen LogP contribution in [0.2, 0.25) is 0 Å². The van der Waals surface area contributed by atoms with Crippen molar-refractivity contribution in [3.63, 3.8) is 0 Å². The molecule has 0 saturated carbocycles. The quantitative estimate of drug-likeness (QED) is 0.511. The zero-order chi connectivity index (χ0) is 20.4. The number of rotatable bonds is 9. The Bertz CT molecular complexity index is 855. The lowest BCUT2D eigenvalue weighted by molar-refractivity contribution is -0.124. The van der Waals surface area contributed by atoms with E-state index in [1.807, 2.05) is 6.92 Å². The van der Waals surface area contributed by atoms with Gasteiger partial charge in [0.2, 0.25) is 11.8 Å². The van der Waals surface area contributed by atoms with Crippen molar-refractivity contribution >= 4 is 23.7 Å². The maximum Gasteiger partial charge on any atom is 0.240 e. The first kappa shape index (κ1) is 20.9. The van der Waals surface area contributed by atoms with Gasteiger partial charge >= 0.3 is 0 Å². The number of hydrazone groups is 1. The van der Waals surface area contributed by atoms with Crippen molar-refractivity contribution in [1.29, 1.82) is 0 Å². The molecule has 2 N–H and O–H groups in total. The molecular formula is C20H22FN3O4. The molecule has 0 radical (unpaired) electrons. The fourth-order valence-electron chi connectivity index (χ4n) is 2.33. The number of methoxy groups -OCH3 is 1. The molecule has 8 heteroatoms. The number of carbonyl (C=O) groups is 2. The van der Waals surface area contributed by atoms with Crippen LogP contribution in [-0.2, 0) is 9.59 Å². The second-order valence-electron chi connectivity index (χ2n) is 5.63. The van der Waals surface area contributed by atoms with Crippen molar-refractivity contribution in [2.24, 2.45) is 5.10 Å². The average molecular weight is 387 g/mol. The highest BCUT2D eigenvalue weighted by Gasteiger charge is 2.10. The van der Waals surface area contributed by atoms with Crippen LogP contribution in [0.5, 0.6) is 11.5 Å². The van der Waals surface area contributed by atoms with E-state index >= 15 is 0 Å². The fraction of sp³-hybridized carbons (Fsp3) is 0.250. The summed E-state index contributed by atoms with van der Waals surface area (Å²) in [5.41, 5.74) is 3.06. The molecule has 2 rings (SSSR count). The Morgan fingerprint density at radius 1 is 1.11 bits per heavy atom. The number of anilines is 1. The number of nitrogens with one attached hydrogen (secondary N) is 2. The lowest BCUT2D eigenvalue weighted by atomic mass is 10.2. The number of para-hydroxylation sites is 2. The van der Waals surface area contributed by atoms with E-state index in [0.717, 1.165) is 0 Å². The molecule has 0 fully saturated rings. The van der Waals surface area contributed by atoms with Gasteiger partial charge in [0.15, 0.2) is 11.5 Å². The number of hydrogen-bond donors (Lipinski definition) is 2. The van der Waals surface area contributed by atoms with Gasteiger partial charge in [-0.15, -0.1) is 0 Å². The molecular weight excluding hydrogens is 365 g/mol. The summed E-state index contributed by atoms with van der Waals surface area (Å²) in [4.78, 5) is 23.7. The first-order chi connectivity index (χ1) is 13.5.